The van der Waals surface area contributed by atoms with Crippen LogP contribution in [0.3, 0.4) is 0 Å². The van der Waals surface area contributed by atoms with Gasteiger partial charge in [-0.05, 0) is 37.8 Å². The van der Waals surface area contributed by atoms with Crippen molar-refractivity contribution in [3.8, 4) is 6.07 Å². The van der Waals surface area contributed by atoms with E-state index in [4.69, 9.17) is 0 Å². The Morgan fingerprint density at radius 3 is 2.75 bits per heavy atom. The van der Waals surface area contributed by atoms with Crippen molar-refractivity contribution >= 4 is 17.5 Å². The van der Waals surface area contributed by atoms with E-state index < -0.39 is 0 Å². The number of rotatable bonds is 5. The largest absolute Gasteiger partial charge is 0.340 e. The summed E-state index contributed by atoms with van der Waals surface area (Å²) in [6.45, 7) is 4.70. The number of hydrogen-bond donors (Lipinski definition) is 0. The predicted molar refractivity (Wildman–Crippen MR) is 93.4 cm³/mol. The summed E-state index contributed by atoms with van der Waals surface area (Å²) in [4.78, 5) is 28.1. The highest BCUT2D eigenvalue weighted by molar-refractivity contribution is 5.93. The topological polar surface area (TPSA) is 64.4 Å². The molecule has 0 N–H and O–H groups in total. The molecule has 1 aliphatic heterocycles. The van der Waals surface area contributed by atoms with Crippen LogP contribution in [0.4, 0.5) is 5.69 Å². The van der Waals surface area contributed by atoms with Gasteiger partial charge in [-0.3, -0.25) is 9.59 Å². The minimum atomic E-state index is -0.156. The van der Waals surface area contributed by atoms with Crippen molar-refractivity contribution in [3.05, 3.63) is 29.8 Å². The fourth-order valence-electron chi connectivity index (χ4n) is 3.36. The highest BCUT2D eigenvalue weighted by Crippen LogP contribution is 2.22. The van der Waals surface area contributed by atoms with Gasteiger partial charge in [0.2, 0.25) is 11.8 Å². The molecule has 1 aromatic carbocycles. The van der Waals surface area contributed by atoms with Crippen LogP contribution in [0, 0.1) is 11.3 Å². The van der Waals surface area contributed by atoms with Crippen molar-refractivity contribution in [2.75, 3.05) is 18.0 Å². The van der Waals surface area contributed by atoms with Crippen molar-refractivity contribution in [2.45, 2.75) is 52.0 Å². The molecule has 0 saturated carbocycles. The van der Waals surface area contributed by atoms with Crippen LogP contribution in [-0.2, 0) is 9.59 Å². The molecular formula is C19H25N3O2. The summed E-state index contributed by atoms with van der Waals surface area (Å²) in [6, 6.07) is 9.43. The normalized spacial score (nSPS) is 17.2. The Balaban J connectivity index is 2.08. The van der Waals surface area contributed by atoms with Gasteiger partial charge in [-0.25, -0.2) is 0 Å². The number of hydrogen-bond acceptors (Lipinski definition) is 3. The highest BCUT2D eigenvalue weighted by atomic mass is 16.2. The van der Waals surface area contributed by atoms with Gasteiger partial charge in [-0.2, -0.15) is 5.26 Å². The lowest BCUT2D eigenvalue weighted by Crippen LogP contribution is -2.44. The Morgan fingerprint density at radius 2 is 2.08 bits per heavy atom. The van der Waals surface area contributed by atoms with E-state index in [2.05, 4.69) is 13.0 Å². The van der Waals surface area contributed by atoms with Crippen molar-refractivity contribution < 1.29 is 9.59 Å². The molecule has 5 heteroatoms. The SMILES string of the molecule is CCC1CCCCN1C(=O)CCN(C(C)=O)c1ccccc1C#N. The number of carbonyl (C=O) groups excluding carboxylic acids is 2. The van der Waals surface area contributed by atoms with Gasteiger partial charge < -0.3 is 9.80 Å². The van der Waals surface area contributed by atoms with Crippen LogP contribution in [-0.4, -0.2) is 35.8 Å². The Morgan fingerprint density at radius 1 is 1.33 bits per heavy atom. The number of benzene rings is 1. The molecule has 0 aromatic heterocycles. The van der Waals surface area contributed by atoms with Crippen molar-refractivity contribution in [1.82, 2.24) is 4.90 Å². The van der Waals surface area contributed by atoms with Crippen LogP contribution in [0.1, 0.15) is 51.5 Å². The van der Waals surface area contributed by atoms with Crippen LogP contribution < -0.4 is 4.90 Å². The predicted octanol–water partition coefficient (Wildman–Crippen LogP) is 3.09. The Labute approximate surface area is 143 Å². The van der Waals surface area contributed by atoms with E-state index in [9.17, 15) is 14.9 Å². The number of amides is 2. The number of para-hydroxylation sites is 1. The molecule has 0 spiro atoms. The van der Waals surface area contributed by atoms with Crippen LogP contribution in [0.15, 0.2) is 24.3 Å². The van der Waals surface area contributed by atoms with Gasteiger partial charge in [0.25, 0.3) is 0 Å². The van der Waals surface area contributed by atoms with E-state index in [0.29, 0.717) is 23.8 Å². The molecule has 1 heterocycles. The smallest absolute Gasteiger partial charge is 0.224 e. The van der Waals surface area contributed by atoms with E-state index in [1.807, 2.05) is 4.90 Å². The van der Waals surface area contributed by atoms with Crippen LogP contribution >= 0.6 is 0 Å². The maximum absolute atomic E-state index is 12.6. The molecule has 0 radical (unpaired) electrons. The van der Waals surface area contributed by atoms with Crippen LogP contribution in [0.5, 0.6) is 0 Å². The Bertz CT molecular complexity index is 636. The first kappa shape index (κ1) is 18.0. The number of likely N-dealkylation sites (tertiary alicyclic amines) is 1. The number of nitrogens with zero attached hydrogens (tertiary/aromatic N) is 3. The lowest BCUT2D eigenvalue weighted by Gasteiger charge is -2.36. The number of piperidine rings is 1. The second-order valence-electron chi connectivity index (χ2n) is 6.19. The fraction of sp³-hybridized carbons (Fsp3) is 0.526. The van der Waals surface area contributed by atoms with Gasteiger partial charge in [-0.15, -0.1) is 0 Å². The molecular weight excluding hydrogens is 302 g/mol. The first-order chi connectivity index (χ1) is 11.6. The van der Waals surface area contributed by atoms with Crippen molar-refractivity contribution in [1.29, 1.82) is 5.26 Å². The summed E-state index contributed by atoms with van der Waals surface area (Å²) in [6.07, 6.45) is 4.55. The summed E-state index contributed by atoms with van der Waals surface area (Å²) >= 11 is 0. The van der Waals surface area contributed by atoms with E-state index in [-0.39, 0.29) is 18.2 Å². The summed E-state index contributed by atoms with van der Waals surface area (Å²) in [5, 5.41) is 9.23. The van der Waals surface area contributed by atoms with Gasteiger partial charge in [-0.1, -0.05) is 19.1 Å². The Hall–Kier alpha value is -2.35. The second kappa shape index (κ2) is 8.49. The van der Waals surface area contributed by atoms with E-state index in [1.165, 1.54) is 18.2 Å². The van der Waals surface area contributed by atoms with Gasteiger partial charge in [0, 0.05) is 32.5 Å². The van der Waals surface area contributed by atoms with Gasteiger partial charge in [0.15, 0.2) is 0 Å². The van der Waals surface area contributed by atoms with Crippen LogP contribution in [0.2, 0.25) is 0 Å². The zero-order valence-corrected chi connectivity index (χ0v) is 14.5. The maximum atomic E-state index is 12.6. The molecule has 1 fully saturated rings. The molecule has 0 aliphatic carbocycles. The quantitative estimate of drug-likeness (QED) is 0.835. The number of anilines is 1. The molecule has 1 saturated heterocycles. The lowest BCUT2D eigenvalue weighted by atomic mass is 9.99. The molecule has 2 amide bonds. The maximum Gasteiger partial charge on any atom is 0.224 e. The molecule has 1 atom stereocenters. The van der Waals surface area contributed by atoms with Crippen molar-refractivity contribution in [3.63, 3.8) is 0 Å². The molecule has 128 valence electrons. The average Bonchev–Trinajstić information content (AvgIpc) is 2.61. The zero-order chi connectivity index (χ0) is 17.5. The Kier molecular flexibility index (Phi) is 6.36. The number of carbonyl (C=O) groups is 2. The van der Waals surface area contributed by atoms with Crippen molar-refractivity contribution in [2.24, 2.45) is 0 Å². The monoisotopic (exact) mass is 327 g/mol. The standard InChI is InChI=1S/C19H25N3O2/c1-3-17-9-6-7-12-22(17)19(24)11-13-21(15(2)23)18-10-5-4-8-16(18)14-20/h4-5,8,10,17H,3,6-7,9,11-13H2,1-2H3. The summed E-state index contributed by atoms with van der Waals surface area (Å²) in [5.41, 5.74) is 1.02. The lowest BCUT2D eigenvalue weighted by molar-refractivity contribution is -0.134. The highest BCUT2D eigenvalue weighted by Gasteiger charge is 2.26. The first-order valence-electron chi connectivity index (χ1n) is 8.65. The van der Waals surface area contributed by atoms with Gasteiger partial charge in [0.1, 0.15) is 6.07 Å². The molecule has 0 bridgehead atoms. The van der Waals surface area contributed by atoms with E-state index >= 15 is 0 Å². The second-order valence-corrected chi connectivity index (χ2v) is 6.19. The zero-order valence-electron chi connectivity index (χ0n) is 14.5. The summed E-state index contributed by atoms with van der Waals surface area (Å²) in [5.74, 6) is -0.0570. The summed E-state index contributed by atoms with van der Waals surface area (Å²) in [7, 11) is 0. The van der Waals surface area contributed by atoms with E-state index in [1.54, 1.807) is 24.3 Å². The average molecular weight is 327 g/mol. The minimum Gasteiger partial charge on any atom is -0.340 e. The van der Waals surface area contributed by atoms with E-state index in [0.717, 1.165) is 25.8 Å². The molecule has 1 unspecified atom stereocenters. The molecule has 1 aliphatic rings. The van der Waals surface area contributed by atoms with Gasteiger partial charge >= 0.3 is 0 Å². The summed E-state index contributed by atoms with van der Waals surface area (Å²) < 4.78 is 0. The first-order valence-corrected chi connectivity index (χ1v) is 8.65. The van der Waals surface area contributed by atoms with Crippen LogP contribution in [0.25, 0.3) is 0 Å². The molecule has 24 heavy (non-hydrogen) atoms. The third-order valence-corrected chi connectivity index (χ3v) is 4.66. The molecule has 5 nitrogen and oxygen atoms in total. The fourth-order valence-corrected chi connectivity index (χ4v) is 3.36. The minimum absolute atomic E-state index is 0.0993. The molecule has 2 rings (SSSR count). The molecule has 1 aromatic rings. The third kappa shape index (κ3) is 4.14. The number of nitriles is 1. The van der Waals surface area contributed by atoms with Gasteiger partial charge in [0.05, 0.1) is 11.3 Å². The third-order valence-electron chi connectivity index (χ3n) is 4.66.